The molecule has 0 aromatic carbocycles. The molecule has 4 heteroatoms. The number of ether oxygens (including phenoxy) is 1. The fourth-order valence-electron chi connectivity index (χ4n) is 1.54. The van der Waals surface area contributed by atoms with E-state index in [9.17, 15) is 0 Å². The van der Waals surface area contributed by atoms with E-state index in [1.54, 1.807) is 7.11 Å². The van der Waals surface area contributed by atoms with Gasteiger partial charge < -0.3 is 15.0 Å². The molecule has 1 aromatic heterocycles. The van der Waals surface area contributed by atoms with Crippen LogP contribution in [0.4, 0.5) is 0 Å². The Morgan fingerprint density at radius 2 is 2.25 bits per heavy atom. The van der Waals surface area contributed by atoms with E-state index >= 15 is 0 Å². The smallest absolute Gasteiger partial charge is 0.213 e. The zero-order chi connectivity index (χ0) is 11.8. The molecule has 16 heavy (non-hydrogen) atoms. The second kappa shape index (κ2) is 7.19. The highest BCUT2D eigenvalue weighted by Gasteiger charge is 2.02. The van der Waals surface area contributed by atoms with Gasteiger partial charge in [-0.1, -0.05) is 6.07 Å². The van der Waals surface area contributed by atoms with Crippen LogP contribution in [0.3, 0.4) is 0 Å². The lowest BCUT2D eigenvalue weighted by molar-refractivity contribution is 0.314. The maximum absolute atomic E-state index is 5.10. The lowest BCUT2D eigenvalue weighted by atomic mass is 10.3. The van der Waals surface area contributed by atoms with Gasteiger partial charge in [-0.15, -0.1) is 0 Å². The van der Waals surface area contributed by atoms with Crippen molar-refractivity contribution in [3.63, 3.8) is 0 Å². The average Bonchev–Trinajstić information content (AvgIpc) is 2.29. The molecule has 0 aliphatic carbocycles. The number of aromatic nitrogens is 1. The first-order valence-electron chi connectivity index (χ1n) is 5.59. The highest BCUT2D eigenvalue weighted by atomic mass is 16.5. The summed E-state index contributed by atoms with van der Waals surface area (Å²) in [6.45, 7) is 2.98. The molecule has 1 aromatic rings. The second-order valence-electron chi connectivity index (χ2n) is 3.87. The first-order valence-corrected chi connectivity index (χ1v) is 5.59. The number of methoxy groups -OCH3 is 1. The number of pyridine rings is 1. The molecule has 0 bridgehead atoms. The molecule has 0 atom stereocenters. The van der Waals surface area contributed by atoms with Gasteiger partial charge >= 0.3 is 0 Å². The van der Waals surface area contributed by atoms with E-state index in [1.165, 1.54) is 0 Å². The van der Waals surface area contributed by atoms with E-state index in [-0.39, 0.29) is 0 Å². The molecule has 0 aliphatic rings. The Morgan fingerprint density at radius 3 is 2.94 bits per heavy atom. The predicted molar refractivity (Wildman–Crippen MR) is 65.7 cm³/mol. The van der Waals surface area contributed by atoms with Gasteiger partial charge in [0.15, 0.2) is 0 Å². The summed E-state index contributed by atoms with van der Waals surface area (Å²) in [5, 5.41) is 3.14. The maximum atomic E-state index is 5.10. The van der Waals surface area contributed by atoms with Gasteiger partial charge in [-0.25, -0.2) is 4.98 Å². The minimum absolute atomic E-state index is 0.682. The molecule has 0 fully saturated rings. The molecule has 0 unspecified atom stereocenters. The van der Waals surface area contributed by atoms with E-state index in [1.807, 2.05) is 25.2 Å². The Bertz CT molecular complexity index is 304. The predicted octanol–water partition coefficient (Wildman–Crippen LogP) is 1.13. The second-order valence-corrected chi connectivity index (χ2v) is 3.87. The molecule has 0 saturated carbocycles. The van der Waals surface area contributed by atoms with E-state index in [4.69, 9.17) is 4.74 Å². The van der Waals surface area contributed by atoms with Gasteiger partial charge in [-0.3, -0.25) is 0 Å². The van der Waals surface area contributed by atoms with Crippen LogP contribution in [-0.2, 0) is 6.54 Å². The zero-order valence-corrected chi connectivity index (χ0v) is 10.4. The maximum Gasteiger partial charge on any atom is 0.213 e. The van der Waals surface area contributed by atoms with E-state index in [2.05, 4.69) is 22.2 Å². The number of nitrogens with one attached hydrogen (secondary N) is 1. The van der Waals surface area contributed by atoms with Crippen molar-refractivity contribution in [2.45, 2.75) is 13.0 Å². The standard InChI is InChI=1S/C12H21N3O/c1-13-8-5-9-15(2)10-11-6-4-7-12(14-11)16-3/h4,6-7,13H,5,8-10H2,1-3H3. The molecule has 1 N–H and O–H groups in total. The summed E-state index contributed by atoms with van der Waals surface area (Å²) in [4.78, 5) is 6.64. The summed E-state index contributed by atoms with van der Waals surface area (Å²) in [5.74, 6) is 0.682. The molecular weight excluding hydrogens is 202 g/mol. The van der Waals surface area contributed by atoms with Crippen LogP contribution in [0, 0.1) is 0 Å². The normalized spacial score (nSPS) is 10.8. The van der Waals surface area contributed by atoms with Gasteiger partial charge in [-0.05, 0) is 39.7 Å². The van der Waals surface area contributed by atoms with E-state index < -0.39 is 0 Å². The van der Waals surface area contributed by atoms with E-state index in [0.29, 0.717) is 5.88 Å². The van der Waals surface area contributed by atoms with Gasteiger partial charge in [0.2, 0.25) is 5.88 Å². The van der Waals surface area contributed by atoms with Crippen molar-refractivity contribution < 1.29 is 4.74 Å². The fourth-order valence-corrected chi connectivity index (χ4v) is 1.54. The molecule has 0 spiro atoms. The lowest BCUT2D eigenvalue weighted by Crippen LogP contribution is -2.22. The SMILES string of the molecule is CNCCCN(C)Cc1cccc(OC)n1. The van der Waals surface area contributed by atoms with Gasteiger partial charge in [0.25, 0.3) is 0 Å². The topological polar surface area (TPSA) is 37.4 Å². The number of nitrogens with zero attached hydrogens (tertiary/aromatic N) is 2. The summed E-state index contributed by atoms with van der Waals surface area (Å²) in [6.07, 6.45) is 1.15. The van der Waals surface area contributed by atoms with Gasteiger partial charge in [0.05, 0.1) is 12.8 Å². The van der Waals surface area contributed by atoms with Crippen LogP contribution in [0.1, 0.15) is 12.1 Å². The third kappa shape index (κ3) is 4.59. The summed E-state index contributed by atoms with van der Waals surface area (Å²) < 4.78 is 5.10. The van der Waals surface area contributed by atoms with Gasteiger partial charge in [0.1, 0.15) is 0 Å². The van der Waals surface area contributed by atoms with Crippen molar-refractivity contribution in [3.8, 4) is 5.88 Å². The average molecular weight is 223 g/mol. The highest BCUT2D eigenvalue weighted by molar-refractivity contribution is 5.15. The fraction of sp³-hybridized carbons (Fsp3) is 0.583. The molecule has 90 valence electrons. The van der Waals surface area contributed by atoms with Crippen LogP contribution in [-0.4, -0.2) is 44.2 Å². The van der Waals surface area contributed by atoms with Crippen LogP contribution in [0.2, 0.25) is 0 Å². The van der Waals surface area contributed by atoms with Crippen LogP contribution in [0.15, 0.2) is 18.2 Å². The molecule has 4 nitrogen and oxygen atoms in total. The first-order chi connectivity index (χ1) is 7.76. The zero-order valence-electron chi connectivity index (χ0n) is 10.4. The first kappa shape index (κ1) is 12.9. The van der Waals surface area contributed by atoms with Crippen molar-refractivity contribution in [2.75, 3.05) is 34.3 Å². The minimum atomic E-state index is 0.682. The highest BCUT2D eigenvalue weighted by Crippen LogP contribution is 2.08. The molecule has 0 saturated heterocycles. The summed E-state index contributed by atoms with van der Waals surface area (Å²) >= 11 is 0. The number of rotatable bonds is 7. The summed E-state index contributed by atoms with van der Waals surface area (Å²) in [5.41, 5.74) is 1.05. The van der Waals surface area contributed by atoms with Gasteiger partial charge in [0, 0.05) is 12.6 Å². The molecule has 1 heterocycles. The van der Waals surface area contributed by atoms with Crippen LogP contribution in [0.5, 0.6) is 5.88 Å². The third-order valence-corrected chi connectivity index (χ3v) is 2.39. The van der Waals surface area contributed by atoms with E-state index in [0.717, 1.165) is 31.7 Å². The molecule has 0 amide bonds. The van der Waals surface area contributed by atoms with Crippen LogP contribution in [0.25, 0.3) is 0 Å². The summed E-state index contributed by atoms with van der Waals surface area (Å²) in [6, 6.07) is 5.87. The van der Waals surface area contributed by atoms with Crippen molar-refractivity contribution in [3.05, 3.63) is 23.9 Å². The van der Waals surface area contributed by atoms with Crippen LogP contribution >= 0.6 is 0 Å². The molecule has 1 rings (SSSR count). The number of hydrogen-bond donors (Lipinski definition) is 1. The van der Waals surface area contributed by atoms with Crippen molar-refractivity contribution in [1.82, 2.24) is 15.2 Å². The Kier molecular flexibility index (Phi) is 5.82. The minimum Gasteiger partial charge on any atom is -0.481 e. The lowest BCUT2D eigenvalue weighted by Gasteiger charge is -2.16. The Balaban J connectivity index is 2.39. The van der Waals surface area contributed by atoms with Crippen molar-refractivity contribution >= 4 is 0 Å². The molecule has 0 aliphatic heterocycles. The van der Waals surface area contributed by atoms with Gasteiger partial charge in [-0.2, -0.15) is 0 Å². The molecule has 0 radical (unpaired) electrons. The number of hydrogen-bond acceptors (Lipinski definition) is 4. The monoisotopic (exact) mass is 223 g/mol. The van der Waals surface area contributed by atoms with Crippen LogP contribution < -0.4 is 10.1 Å². The largest absolute Gasteiger partial charge is 0.481 e. The Morgan fingerprint density at radius 1 is 1.44 bits per heavy atom. The molecular formula is C12H21N3O. The van der Waals surface area contributed by atoms with Crippen molar-refractivity contribution in [1.29, 1.82) is 0 Å². The van der Waals surface area contributed by atoms with Crippen molar-refractivity contribution in [2.24, 2.45) is 0 Å². The Hall–Kier alpha value is -1.13. The third-order valence-electron chi connectivity index (χ3n) is 2.39. The summed E-state index contributed by atoms with van der Waals surface area (Å²) in [7, 11) is 5.73. The Labute approximate surface area is 97.6 Å². The quantitative estimate of drug-likeness (QED) is 0.703.